The van der Waals surface area contributed by atoms with Gasteiger partial charge in [0.1, 0.15) is 0 Å². The van der Waals surface area contributed by atoms with Crippen LogP contribution in [-0.4, -0.2) is 35.7 Å². The highest BCUT2D eigenvalue weighted by molar-refractivity contribution is 5.78. The number of carbonyl (C=O) groups is 1. The summed E-state index contributed by atoms with van der Waals surface area (Å²) < 4.78 is 0. The molecule has 0 spiro atoms. The number of nitrogens with zero attached hydrogens (tertiary/aromatic N) is 2. The van der Waals surface area contributed by atoms with E-state index in [2.05, 4.69) is 71.3 Å². The van der Waals surface area contributed by atoms with Crippen LogP contribution in [0.2, 0.25) is 0 Å². The lowest BCUT2D eigenvalue weighted by molar-refractivity contribution is 0.0513. The van der Waals surface area contributed by atoms with Crippen molar-refractivity contribution in [3.8, 4) is 0 Å². The highest BCUT2D eigenvalue weighted by atomic mass is 16.2. The molecule has 0 aromatic carbocycles. The Labute approximate surface area is 348 Å². The summed E-state index contributed by atoms with van der Waals surface area (Å²) in [5.41, 5.74) is 0.895. The lowest BCUT2D eigenvalue weighted by Crippen LogP contribution is -2.44. The van der Waals surface area contributed by atoms with Gasteiger partial charge < -0.3 is 5.32 Å². The van der Waals surface area contributed by atoms with Crippen LogP contribution in [0.5, 0.6) is 0 Å². The molecule has 55 heavy (non-hydrogen) atoms. The van der Waals surface area contributed by atoms with Crippen molar-refractivity contribution in [3.63, 3.8) is 0 Å². The van der Waals surface area contributed by atoms with E-state index in [0.29, 0.717) is 6.54 Å². The zero-order valence-electron chi connectivity index (χ0n) is 38.9. The maximum absolute atomic E-state index is 12.3. The zero-order valence-corrected chi connectivity index (χ0v) is 38.9. The number of allylic oxidation sites excluding steroid dienone is 1. The molecule has 4 heteroatoms. The van der Waals surface area contributed by atoms with Crippen molar-refractivity contribution in [2.45, 2.75) is 260 Å². The van der Waals surface area contributed by atoms with Crippen LogP contribution >= 0.6 is 0 Å². The van der Waals surface area contributed by atoms with Crippen molar-refractivity contribution in [1.82, 2.24) is 15.3 Å². The van der Waals surface area contributed by atoms with Crippen molar-refractivity contribution in [2.75, 3.05) is 19.6 Å². The molecule has 4 nitrogen and oxygen atoms in total. The zero-order chi connectivity index (χ0) is 41.5. The molecule has 1 aliphatic heterocycles. The molecule has 1 N–H and O–H groups in total. The predicted octanol–water partition coefficient (Wildman–Crippen LogP) is 17.7. The number of nitrogens with one attached hydrogen (secondary N) is 1. The molecule has 1 aliphatic rings. The third-order valence-corrected chi connectivity index (χ3v) is 10.9. The molecule has 0 saturated carbocycles. The van der Waals surface area contributed by atoms with Gasteiger partial charge in [-0.3, -0.25) is 0 Å². The third kappa shape index (κ3) is 43.4. The summed E-state index contributed by atoms with van der Waals surface area (Å²) in [6.45, 7) is 29.5. The van der Waals surface area contributed by atoms with E-state index in [1.54, 1.807) is 6.08 Å². The number of urea groups is 1. The van der Waals surface area contributed by atoms with E-state index >= 15 is 0 Å². The minimum atomic E-state index is 0.00588. The second-order valence-electron chi connectivity index (χ2n) is 16.5. The molecule has 1 saturated heterocycles. The highest BCUT2D eigenvalue weighted by Gasteiger charge is 2.28. The van der Waals surface area contributed by atoms with Crippen LogP contribution in [0, 0.1) is 5.92 Å². The van der Waals surface area contributed by atoms with E-state index < -0.39 is 0 Å². The quantitative estimate of drug-likeness (QED) is 0.0504. The van der Waals surface area contributed by atoms with Gasteiger partial charge in [0.2, 0.25) is 0 Å². The molecular weight excluding hydrogens is 671 g/mol. The SMILES string of the molecule is C=C.C=C1CNC(=O)N1N(CCCCCCCC)CCCCCCCCCCCCCCCC.C=CC.CCCCCCCCC(C)CCCCCCCC. The van der Waals surface area contributed by atoms with Crippen molar-refractivity contribution in [3.05, 3.63) is 38.1 Å². The molecule has 0 aliphatic carbocycles. The van der Waals surface area contributed by atoms with Crippen LogP contribution in [0.3, 0.4) is 0 Å². The number of hydrogen-bond donors (Lipinski definition) is 1. The lowest BCUT2D eigenvalue weighted by atomic mass is 9.96. The van der Waals surface area contributed by atoms with E-state index in [0.717, 1.165) is 24.7 Å². The maximum Gasteiger partial charge on any atom is 0.336 e. The number of hydrazine groups is 1. The Morgan fingerprint density at radius 2 is 0.800 bits per heavy atom. The van der Waals surface area contributed by atoms with Crippen LogP contribution in [0.15, 0.2) is 38.1 Å². The van der Waals surface area contributed by atoms with Crippen molar-refractivity contribution < 1.29 is 4.79 Å². The minimum absolute atomic E-state index is 0.00588. The Morgan fingerprint density at radius 1 is 0.545 bits per heavy atom. The second-order valence-corrected chi connectivity index (χ2v) is 16.5. The van der Waals surface area contributed by atoms with E-state index in [1.807, 2.05) is 11.9 Å². The van der Waals surface area contributed by atoms with Gasteiger partial charge >= 0.3 is 6.03 Å². The van der Waals surface area contributed by atoms with Gasteiger partial charge in [0.15, 0.2) is 0 Å². The van der Waals surface area contributed by atoms with Gasteiger partial charge in [-0.15, -0.1) is 19.7 Å². The number of amides is 2. The molecule has 0 aromatic rings. The van der Waals surface area contributed by atoms with Gasteiger partial charge in [-0.2, -0.15) is 0 Å². The summed E-state index contributed by atoms with van der Waals surface area (Å²) in [5, 5.41) is 6.98. The molecule has 0 bridgehead atoms. The fourth-order valence-electron chi connectivity index (χ4n) is 7.37. The van der Waals surface area contributed by atoms with E-state index in [1.165, 1.54) is 218 Å². The van der Waals surface area contributed by atoms with Gasteiger partial charge in [-0.25, -0.2) is 14.8 Å². The van der Waals surface area contributed by atoms with Crippen LogP contribution in [-0.2, 0) is 0 Å². The lowest BCUT2D eigenvalue weighted by Gasteiger charge is -2.31. The Hall–Kier alpha value is -1.55. The summed E-state index contributed by atoms with van der Waals surface area (Å²) >= 11 is 0. The number of carbonyl (C=O) groups excluding carboxylic acids is 1. The first kappa shape index (κ1) is 57.8. The van der Waals surface area contributed by atoms with Crippen LogP contribution in [0.25, 0.3) is 0 Å². The van der Waals surface area contributed by atoms with Crippen LogP contribution in [0.1, 0.15) is 260 Å². The normalized spacial score (nSPS) is 12.2. The first-order valence-corrected chi connectivity index (χ1v) is 24.5. The first-order chi connectivity index (χ1) is 26.9. The van der Waals surface area contributed by atoms with Gasteiger partial charge in [0.05, 0.1) is 12.2 Å². The maximum atomic E-state index is 12.3. The second kappa shape index (κ2) is 50.5. The molecule has 0 atom stereocenters. The monoisotopic (exact) mass is 774 g/mol. The Bertz CT molecular complexity index is 735. The van der Waals surface area contributed by atoms with Gasteiger partial charge in [0, 0.05) is 13.1 Å². The van der Waals surface area contributed by atoms with Crippen LogP contribution in [0.4, 0.5) is 4.79 Å². The molecule has 0 radical (unpaired) electrons. The molecular formula is C51H103N3O. The molecule has 1 fully saturated rings. The van der Waals surface area contributed by atoms with Crippen LogP contribution < -0.4 is 5.32 Å². The Kier molecular flexibility index (Phi) is 53.0. The third-order valence-electron chi connectivity index (χ3n) is 10.9. The van der Waals surface area contributed by atoms with E-state index in [9.17, 15) is 4.79 Å². The van der Waals surface area contributed by atoms with Crippen molar-refractivity contribution in [2.24, 2.45) is 5.92 Å². The van der Waals surface area contributed by atoms with E-state index in [-0.39, 0.29) is 6.03 Å². The molecule has 1 rings (SSSR count). The topological polar surface area (TPSA) is 35.6 Å². The van der Waals surface area contributed by atoms with E-state index in [4.69, 9.17) is 0 Å². The molecule has 2 amide bonds. The summed E-state index contributed by atoms with van der Waals surface area (Å²) in [7, 11) is 0. The number of hydrogen-bond acceptors (Lipinski definition) is 2. The highest BCUT2D eigenvalue weighted by Crippen LogP contribution is 2.20. The Morgan fingerprint density at radius 3 is 1.05 bits per heavy atom. The average molecular weight is 774 g/mol. The average Bonchev–Trinajstić information content (AvgIpc) is 3.53. The molecule has 328 valence electrons. The standard InChI is InChI=1S/C28H55N3O.C18H38.C3H6.C2H4/c1-4-6-8-10-12-13-14-15-16-17-18-19-21-23-25-30(24-22-20-11-9-7-5-2)31-27(3)26-29-28(31)32;1-4-6-8-10-12-14-16-18(3)17-15-13-11-9-7-5-2;1-3-2;1-2/h3-26H2,1-2H3,(H,29,32);18H,4-17H2,1-3H3;3H,1H2,2H3;1-2H2. The number of rotatable bonds is 37. The first-order valence-electron chi connectivity index (χ1n) is 24.5. The summed E-state index contributed by atoms with van der Waals surface area (Å²) in [6.07, 6.45) is 49.1. The molecule has 1 heterocycles. The van der Waals surface area contributed by atoms with Gasteiger partial charge in [-0.05, 0) is 25.7 Å². The smallest absolute Gasteiger partial charge is 0.331 e. The largest absolute Gasteiger partial charge is 0.336 e. The predicted molar refractivity (Wildman–Crippen MR) is 252 cm³/mol. The fourth-order valence-corrected chi connectivity index (χ4v) is 7.37. The fraction of sp³-hybridized carbons (Fsp3) is 0.863. The minimum Gasteiger partial charge on any atom is -0.331 e. The molecule has 0 unspecified atom stereocenters. The van der Waals surface area contributed by atoms with Crippen molar-refractivity contribution in [1.29, 1.82) is 0 Å². The molecule has 0 aromatic heterocycles. The summed E-state index contributed by atoms with van der Waals surface area (Å²) in [4.78, 5) is 12.3. The summed E-state index contributed by atoms with van der Waals surface area (Å²) in [6, 6.07) is 0.00588. The number of unbranched alkanes of at least 4 members (excludes halogenated alkanes) is 28. The Balaban J connectivity index is -0.000000992. The van der Waals surface area contributed by atoms with Gasteiger partial charge in [-0.1, -0.05) is 253 Å². The summed E-state index contributed by atoms with van der Waals surface area (Å²) in [5.74, 6) is 0.974. The van der Waals surface area contributed by atoms with Crippen molar-refractivity contribution >= 4 is 6.03 Å². The van der Waals surface area contributed by atoms with Gasteiger partial charge in [0.25, 0.3) is 0 Å².